The van der Waals surface area contributed by atoms with E-state index in [1.54, 1.807) is 30.5 Å². The number of nitrogens with zero attached hydrogens (tertiary/aromatic N) is 3. The molecule has 5 rings (SSSR count). The van der Waals surface area contributed by atoms with Gasteiger partial charge in [0.15, 0.2) is 0 Å². The zero-order valence-corrected chi connectivity index (χ0v) is 21.7. The van der Waals surface area contributed by atoms with E-state index in [1.165, 1.54) is 16.0 Å². The number of rotatable bonds is 7. The number of nitrogens with two attached hydrogens (primary N) is 1. The van der Waals surface area contributed by atoms with Crippen LogP contribution in [-0.4, -0.2) is 20.7 Å². The van der Waals surface area contributed by atoms with Crippen molar-refractivity contribution in [2.45, 2.75) is 5.92 Å². The summed E-state index contributed by atoms with van der Waals surface area (Å²) in [5, 5.41) is 13.6. The quantitative estimate of drug-likeness (QED) is 0.270. The smallest absolute Gasteiger partial charge is 0.277 e. The molecule has 2 aromatic heterocycles. The van der Waals surface area contributed by atoms with E-state index in [-0.39, 0.29) is 5.56 Å². The lowest BCUT2D eigenvalue weighted by Gasteiger charge is -2.20. The monoisotopic (exact) mass is 569 g/mol. The number of amides is 1. The molecule has 0 aliphatic rings. The summed E-state index contributed by atoms with van der Waals surface area (Å²) in [6.45, 7) is 0. The molecule has 0 bridgehead atoms. The molecule has 0 saturated carbocycles. The molecule has 0 saturated heterocycles. The number of thiazole rings is 1. The van der Waals surface area contributed by atoms with E-state index in [0.717, 1.165) is 20.5 Å². The van der Waals surface area contributed by atoms with Gasteiger partial charge in [-0.15, -0.1) is 0 Å². The molecule has 0 aliphatic carbocycles. The summed E-state index contributed by atoms with van der Waals surface area (Å²) in [4.78, 5) is 31.9. The Balaban J connectivity index is 1.75. The van der Waals surface area contributed by atoms with Crippen molar-refractivity contribution >= 4 is 33.2 Å². The van der Waals surface area contributed by atoms with E-state index in [1.807, 2.05) is 66.7 Å². The summed E-state index contributed by atoms with van der Waals surface area (Å²) in [7, 11) is 0. The van der Waals surface area contributed by atoms with Crippen molar-refractivity contribution in [3.05, 3.63) is 117 Å². The third-order valence-electron chi connectivity index (χ3n) is 6.05. The number of nitrogens with one attached hydrogen (secondary N) is 1. The van der Waals surface area contributed by atoms with E-state index >= 15 is 0 Å². The van der Waals surface area contributed by atoms with Crippen molar-refractivity contribution in [3.8, 4) is 32.9 Å². The van der Waals surface area contributed by atoms with E-state index in [0.29, 0.717) is 16.4 Å². The number of carbonyl (C=O) groups excluding carboxylic acids is 1. The van der Waals surface area contributed by atoms with Gasteiger partial charge < -0.3 is 5.73 Å². The first kappa shape index (κ1) is 24.4. The molecule has 1 amide bonds. The Hall–Kier alpha value is -4.26. The van der Waals surface area contributed by atoms with Crippen LogP contribution in [0.5, 0.6) is 0 Å². The van der Waals surface area contributed by atoms with Crippen LogP contribution in [0.25, 0.3) is 26.8 Å². The lowest BCUT2D eigenvalue weighted by molar-refractivity contribution is -0.120. The minimum Gasteiger partial charge on any atom is -0.369 e. The van der Waals surface area contributed by atoms with Gasteiger partial charge >= 0.3 is 0 Å². The van der Waals surface area contributed by atoms with E-state index in [2.05, 4.69) is 26.0 Å². The number of benzene rings is 3. The van der Waals surface area contributed by atoms with Crippen LogP contribution in [-0.2, 0) is 4.79 Å². The first-order valence-corrected chi connectivity index (χ1v) is 12.9. The van der Waals surface area contributed by atoms with Gasteiger partial charge in [-0.25, -0.2) is 4.98 Å². The fourth-order valence-corrected chi connectivity index (χ4v) is 5.45. The fourth-order valence-electron chi connectivity index (χ4n) is 4.30. The Kier molecular flexibility index (Phi) is 6.86. The molecule has 2 heterocycles. The highest BCUT2D eigenvalue weighted by atomic mass is 79.9. The predicted molar refractivity (Wildman–Crippen MR) is 147 cm³/mol. The summed E-state index contributed by atoms with van der Waals surface area (Å²) in [6.07, 6.45) is 1.72. The zero-order valence-electron chi connectivity index (χ0n) is 19.3. The number of primary amides is 1. The highest BCUT2D eigenvalue weighted by Gasteiger charge is 2.36. The first-order chi connectivity index (χ1) is 18.0. The van der Waals surface area contributed by atoms with Gasteiger partial charge in [0.25, 0.3) is 5.56 Å². The maximum Gasteiger partial charge on any atom is 0.277 e. The summed E-state index contributed by atoms with van der Waals surface area (Å²) in [5.41, 5.74) is 8.39. The molecule has 9 heteroatoms. The summed E-state index contributed by atoms with van der Waals surface area (Å²) in [5.74, 6) is -2.97. The number of hydrogen-bond acceptors (Lipinski definition) is 5. The van der Waals surface area contributed by atoms with Crippen molar-refractivity contribution in [1.29, 1.82) is 5.26 Å². The number of aromatic nitrogens is 3. The van der Waals surface area contributed by atoms with Crippen LogP contribution >= 0.6 is 27.3 Å². The maximum absolute atomic E-state index is 14.1. The van der Waals surface area contributed by atoms with Crippen LogP contribution in [0.3, 0.4) is 0 Å². The molecule has 0 spiro atoms. The van der Waals surface area contributed by atoms with Crippen LogP contribution in [0, 0.1) is 17.2 Å². The van der Waals surface area contributed by atoms with Crippen LogP contribution < -0.4 is 11.3 Å². The van der Waals surface area contributed by atoms with Gasteiger partial charge in [-0.2, -0.15) is 9.94 Å². The first-order valence-electron chi connectivity index (χ1n) is 11.3. The Labute approximate surface area is 225 Å². The molecule has 3 N–H and O–H groups in total. The standard InChI is InChI=1S/C28H20BrN5O2S/c29-20-13-11-18(12-14-20)23(21(15-30)26(31)35)24-25(19-9-5-2-6-10-19)33-34(27(24)36)28-32-16-22(37-28)17-7-3-1-4-8-17/h1-14,16,21,23,33H,(H2,31,35)/t21-,23+/m0/s1. The molecule has 2 atom stereocenters. The molecule has 0 radical (unpaired) electrons. The van der Waals surface area contributed by atoms with Crippen LogP contribution in [0.4, 0.5) is 0 Å². The van der Waals surface area contributed by atoms with Gasteiger partial charge in [0.2, 0.25) is 11.0 Å². The minimum absolute atomic E-state index is 0.273. The van der Waals surface area contributed by atoms with Crippen molar-refractivity contribution < 1.29 is 4.79 Å². The molecule has 182 valence electrons. The Morgan fingerprint density at radius 2 is 1.62 bits per heavy atom. The van der Waals surface area contributed by atoms with Gasteiger partial charge in [-0.05, 0) is 28.8 Å². The predicted octanol–water partition coefficient (Wildman–Crippen LogP) is 5.48. The van der Waals surface area contributed by atoms with Gasteiger partial charge in [0.1, 0.15) is 5.92 Å². The van der Waals surface area contributed by atoms with Gasteiger partial charge in [-0.1, -0.05) is 100 Å². The lowest BCUT2D eigenvalue weighted by Crippen LogP contribution is -2.31. The largest absolute Gasteiger partial charge is 0.369 e. The number of aromatic amines is 1. The highest BCUT2D eigenvalue weighted by Crippen LogP contribution is 2.37. The second kappa shape index (κ2) is 10.4. The summed E-state index contributed by atoms with van der Waals surface area (Å²) >= 11 is 4.78. The van der Waals surface area contributed by atoms with Crippen LogP contribution in [0.2, 0.25) is 0 Å². The zero-order chi connectivity index (χ0) is 25.9. The van der Waals surface area contributed by atoms with Gasteiger partial charge in [-0.3, -0.25) is 14.7 Å². The Morgan fingerprint density at radius 1 is 1.00 bits per heavy atom. The van der Waals surface area contributed by atoms with Crippen molar-refractivity contribution in [2.24, 2.45) is 11.7 Å². The van der Waals surface area contributed by atoms with E-state index in [9.17, 15) is 14.9 Å². The van der Waals surface area contributed by atoms with E-state index < -0.39 is 23.3 Å². The third kappa shape index (κ3) is 4.77. The van der Waals surface area contributed by atoms with Crippen molar-refractivity contribution in [2.75, 3.05) is 0 Å². The molecule has 7 nitrogen and oxygen atoms in total. The number of halogens is 1. The maximum atomic E-state index is 14.1. The molecule has 3 aromatic carbocycles. The molecular formula is C28H20BrN5O2S. The highest BCUT2D eigenvalue weighted by molar-refractivity contribution is 9.10. The van der Waals surface area contributed by atoms with Gasteiger partial charge in [0, 0.05) is 16.6 Å². The summed E-state index contributed by atoms with van der Waals surface area (Å²) in [6, 6.07) is 28.3. The van der Waals surface area contributed by atoms with Crippen molar-refractivity contribution in [3.63, 3.8) is 0 Å². The number of carbonyl (C=O) groups is 1. The molecule has 0 unspecified atom stereocenters. The Bertz CT molecular complexity index is 1650. The molecule has 0 fully saturated rings. The average Bonchev–Trinajstić information content (AvgIpc) is 3.54. The minimum atomic E-state index is -1.27. The van der Waals surface area contributed by atoms with Crippen LogP contribution in [0.1, 0.15) is 17.0 Å². The molecule has 37 heavy (non-hydrogen) atoms. The number of H-pyrrole nitrogens is 1. The third-order valence-corrected chi connectivity index (χ3v) is 7.61. The van der Waals surface area contributed by atoms with Crippen molar-refractivity contribution in [1.82, 2.24) is 14.8 Å². The molecule has 0 aliphatic heterocycles. The number of hydrogen-bond donors (Lipinski definition) is 2. The Morgan fingerprint density at radius 3 is 2.22 bits per heavy atom. The SMILES string of the molecule is N#C[C@H](C(N)=O)[C@@H](c1ccc(Br)cc1)c1c(-c2ccccc2)[nH]n(-c2ncc(-c3ccccc3)s2)c1=O. The fraction of sp³-hybridized carbons (Fsp3) is 0.0714. The molecule has 5 aromatic rings. The van der Waals surface area contributed by atoms with Gasteiger partial charge in [0.05, 0.1) is 22.2 Å². The summed E-state index contributed by atoms with van der Waals surface area (Å²) < 4.78 is 2.20. The average molecular weight is 570 g/mol. The topological polar surface area (TPSA) is 118 Å². The second-order valence-corrected chi connectivity index (χ2v) is 10.2. The molecular weight excluding hydrogens is 550 g/mol. The number of nitriles is 1. The van der Waals surface area contributed by atoms with E-state index in [4.69, 9.17) is 5.73 Å². The van der Waals surface area contributed by atoms with Crippen LogP contribution in [0.15, 0.2) is 100 Å². The lowest BCUT2D eigenvalue weighted by atomic mass is 9.80. The second-order valence-electron chi connectivity index (χ2n) is 8.32. The normalized spacial score (nSPS) is 12.5.